The average Bonchev–Trinajstić information content (AvgIpc) is 2.88. The van der Waals surface area contributed by atoms with Gasteiger partial charge in [-0.25, -0.2) is 0 Å². The predicted molar refractivity (Wildman–Crippen MR) is 81.0 cm³/mol. The number of aryl methyl sites for hydroxylation is 2. The smallest absolute Gasteiger partial charge is 0.273 e. The first-order valence-electron chi connectivity index (χ1n) is 6.68. The Morgan fingerprint density at radius 2 is 2.05 bits per heavy atom. The van der Waals surface area contributed by atoms with Crippen LogP contribution >= 0.6 is 0 Å². The van der Waals surface area contributed by atoms with Crippen LogP contribution in [0.1, 0.15) is 35.6 Å². The van der Waals surface area contributed by atoms with E-state index in [4.69, 9.17) is 5.21 Å². The topological polar surface area (TPSA) is 79.5 Å². The number of carbonyl (C=O) groups is 1. The quantitative estimate of drug-likeness (QED) is 0.514. The summed E-state index contributed by atoms with van der Waals surface area (Å²) in [6.45, 7) is 3.70. The average molecular weight is 286 g/mol. The molecule has 1 amide bonds. The number of hydrogen-bond acceptors (Lipinski definition) is 4. The van der Waals surface area contributed by atoms with Gasteiger partial charge in [-0.1, -0.05) is 24.2 Å². The Bertz CT molecular complexity index is 671. The number of rotatable bonds is 4. The SMILES string of the molecule is CCc1cc(C(=O)Nc2ccc(C(C)=NO)cc2)n(C)n1. The van der Waals surface area contributed by atoms with E-state index >= 15 is 0 Å². The zero-order valence-electron chi connectivity index (χ0n) is 12.3. The van der Waals surface area contributed by atoms with E-state index in [0.717, 1.165) is 17.7 Å². The molecule has 1 aromatic carbocycles. The highest BCUT2D eigenvalue weighted by atomic mass is 16.4. The van der Waals surface area contributed by atoms with E-state index in [-0.39, 0.29) is 5.91 Å². The number of nitrogens with one attached hydrogen (secondary N) is 1. The molecule has 110 valence electrons. The summed E-state index contributed by atoms with van der Waals surface area (Å²) in [7, 11) is 1.75. The van der Waals surface area contributed by atoms with Gasteiger partial charge in [0.15, 0.2) is 0 Å². The van der Waals surface area contributed by atoms with Crippen LogP contribution in [-0.2, 0) is 13.5 Å². The highest BCUT2D eigenvalue weighted by molar-refractivity contribution is 6.03. The molecule has 1 aromatic heterocycles. The molecule has 0 unspecified atom stereocenters. The van der Waals surface area contributed by atoms with Crippen molar-refractivity contribution in [3.05, 3.63) is 47.3 Å². The summed E-state index contributed by atoms with van der Waals surface area (Å²) in [6.07, 6.45) is 0.787. The fourth-order valence-electron chi connectivity index (χ4n) is 1.96. The minimum atomic E-state index is -0.204. The van der Waals surface area contributed by atoms with Gasteiger partial charge in [-0.2, -0.15) is 5.10 Å². The molecule has 6 nitrogen and oxygen atoms in total. The van der Waals surface area contributed by atoms with Gasteiger partial charge in [0.2, 0.25) is 0 Å². The van der Waals surface area contributed by atoms with Gasteiger partial charge >= 0.3 is 0 Å². The molecule has 0 bridgehead atoms. The fraction of sp³-hybridized carbons (Fsp3) is 0.267. The van der Waals surface area contributed by atoms with Crippen molar-refractivity contribution in [3.63, 3.8) is 0 Å². The van der Waals surface area contributed by atoms with E-state index in [9.17, 15) is 4.79 Å². The standard InChI is InChI=1S/C15H18N4O2/c1-4-12-9-14(19(3)17-12)15(20)16-13-7-5-11(6-8-13)10(2)18-21/h5-9,21H,4H2,1-3H3,(H,16,20). The lowest BCUT2D eigenvalue weighted by atomic mass is 10.1. The first-order valence-corrected chi connectivity index (χ1v) is 6.68. The number of aromatic nitrogens is 2. The van der Waals surface area contributed by atoms with Gasteiger partial charge in [-0.3, -0.25) is 9.48 Å². The Labute approximate surface area is 123 Å². The molecular weight excluding hydrogens is 268 g/mol. The van der Waals surface area contributed by atoms with Gasteiger partial charge in [0, 0.05) is 12.7 Å². The van der Waals surface area contributed by atoms with E-state index in [1.807, 2.05) is 6.92 Å². The summed E-state index contributed by atoms with van der Waals surface area (Å²) in [5, 5.41) is 18.9. The first-order chi connectivity index (χ1) is 10.0. The molecule has 0 aliphatic carbocycles. The van der Waals surface area contributed by atoms with Crippen LogP contribution in [0.25, 0.3) is 0 Å². The summed E-state index contributed by atoms with van der Waals surface area (Å²) in [6, 6.07) is 8.88. The molecule has 0 radical (unpaired) electrons. The van der Waals surface area contributed by atoms with Crippen LogP contribution in [0.15, 0.2) is 35.5 Å². The molecule has 0 aliphatic rings. The summed E-state index contributed by atoms with van der Waals surface area (Å²) >= 11 is 0. The maximum absolute atomic E-state index is 12.2. The van der Waals surface area contributed by atoms with Crippen molar-refractivity contribution < 1.29 is 10.0 Å². The van der Waals surface area contributed by atoms with E-state index in [0.29, 0.717) is 17.1 Å². The van der Waals surface area contributed by atoms with Crippen molar-refractivity contribution in [1.29, 1.82) is 0 Å². The van der Waals surface area contributed by atoms with Crippen molar-refractivity contribution in [2.75, 3.05) is 5.32 Å². The van der Waals surface area contributed by atoms with Crippen LogP contribution in [0.4, 0.5) is 5.69 Å². The number of benzene rings is 1. The molecule has 2 rings (SSSR count). The van der Waals surface area contributed by atoms with Gasteiger partial charge in [-0.15, -0.1) is 0 Å². The molecule has 2 N–H and O–H groups in total. The van der Waals surface area contributed by atoms with E-state index in [1.165, 1.54) is 0 Å². The van der Waals surface area contributed by atoms with E-state index in [2.05, 4.69) is 15.6 Å². The molecule has 0 spiro atoms. The summed E-state index contributed by atoms with van der Waals surface area (Å²) in [5.41, 5.74) is 3.39. The number of carbonyl (C=O) groups excluding carboxylic acids is 1. The lowest BCUT2D eigenvalue weighted by Crippen LogP contribution is -2.16. The Hall–Kier alpha value is -2.63. The van der Waals surface area contributed by atoms with Crippen molar-refractivity contribution in [2.24, 2.45) is 12.2 Å². The minimum Gasteiger partial charge on any atom is -0.411 e. The highest BCUT2D eigenvalue weighted by Gasteiger charge is 2.12. The van der Waals surface area contributed by atoms with Crippen LogP contribution in [0.2, 0.25) is 0 Å². The van der Waals surface area contributed by atoms with Crippen LogP contribution in [0.3, 0.4) is 0 Å². The zero-order valence-corrected chi connectivity index (χ0v) is 12.3. The normalized spacial score (nSPS) is 11.5. The lowest BCUT2D eigenvalue weighted by molar-refractivity contribution is 0.101. The highest BCUT2D eigenvalue weighted by Crippen LogP contribution is 2.13. The van der Waals surface area contributed by atoms with Gasteiger partial charge in [0.1, 0.15) is 5.69 Å². The van der Waals surface area contributed by atoms with Crippen molar-refractivity contribution in [1.82, 2.24) is 9.78 Å². The Morgan fingerprint density at radius 1 is 1.38 bits per heavy atom. The summed E-state index contributed by atoms with van der Waals surface area (Å²) in [4.78, 5) is 12.2. The molecule has 21 heavy (non-hydrogen) atoms. The van der Waals surface area contributed by atoms with Crippen LogP contribution in [0, 0.1) is 0 Å². The monoisotopic (exact) mass is 286 g/mol. The lowest BCUT2D eigenvalue weighted by Gasteiger charge is -2.06. The number of nitrogens with zero attached hydrogens (tertiary/aromatic N) is 3. The molecule has 2 aromatic rings. The Morgan fingerprint density at radius 3 is 2.57 bits per heavy atom. The van der Waals surface area contributed by atoms with Gasteiger partial charge < -0.3 is 10.5 Å². The third-order valence-corrected chi connectivity index (χ3v) is 3.24. The number of anilines is 1. The summed E-state index contributed by atoms with van der Waals surface area (Å²) in [5.74, 6) is -0.204. The van der Waals surface area contributed by atoms with E-state index in [1.54, 1.807) is 49.0 Å². The Kier molecular flexibility index (Phi) is 4.37. The van der Waals surface area contributed by atoms with Crippen molar-refractivity contribution in [3.8, 4) is 0 Å². The molecule has 0 aliphatic heterocycles. The second-order valence-electron chi connectivity index (χ2n) is 4.71. The number of amides is 1. The number of hydrogen-bond donors (Lipinski definition) is 2. The van der Waals surface area contributed by atoms with Crippen LogP contribution in [-0.4, -0.2) is 26.6 Å². The molecule has 6 heteroatoms. The number of oxime groups is 1. The fourth-order valence-corrected chi connectivity index (χ4v) is 1.96. The molecule has 1 heterocycles. The second-order valence-corrected chi connectivity index (χ2v) is 4.71. The minimum absolute atomic E-state index is 0.204. The first kappa shape index (κ1) is 14.8. The molecule has 0 saturated heterocycles. The molecule has 0 saturated carbocycles. The van der Waals surface area contributed by atoms with Gasteiger partial charge in [-0.05, 0) is 37.1 Å². The Balaban J connectivity index is 2.14. The van der Waals surface area contributed by atoms with Crippen LogP contribution < -0.4 is 5.32 Å². The van der Waals surface area contributed by atoms with Gasteiger partial charge in [0.25, 0.3) is 5.91 Å². The largest absolute Gasteiger partial charge is 0.411 e. The maximum atomic E-state index is 12.2. The van der Waals surface area contributed by atoms with Gasteiger partial charge in [0.05, 0.1) is 11.4 Å². The maximum Gasteiger partial charge on any atom is 0.273 e. The van der Waals surface area contributed by atoms with Crippen molar-refractivity contribution >= 4 is 17.3 Å². The third-order valence-electron chi connectivity index (χ3n) is 3.24. The van der Waals surface area contributed by atoms with E-state index < -0.39 is 0 Å². The molecule has 0 fully saturated rings. The molecular formula is C15H18N4O2. The van der Waals surface area contributed by atoms with Crippen LogP contribution in [0.5, 0.6) is 0 Å². The molecule has 0 atom stereocenters. The third kappa shape index (κ3) is 3.28. The predicted octanol–water partition coefficient (Wildman–Crippen LogP) is 2.43. The second kappa shape index (κ2) is 6.21. The zero-order chi connectivity index (χ0) is 15.4. The summed E-state index contributed by atoms with van der Waals surface area (Å²) < 4.78 is 1.57. The van der Waals surface area contributed by atoms with Crippen molar-refractivity contribution in [2.45, 2.75) is 20.3 Å².